The number of nitrogens with zero attached hydrogens (tertiary/aromatic N) is 1. The van der Waals surface area contributed by atoms with Crippen LogP contribution in [0.15, 0.2) is 29.4 Å². The first-order valence-electron chi connectivity index (χ1n) is 7.18. The van der Waals surface area contributed by atoms with E-state index in [1.54, 1.807) is 33.9 Å². The number of carbonyl (C=O) groups is 2. The number of aromatic nitrogens is 1. The van der Waals surface area contributed by atoms with Crippen molar-refractivity contribution in [3.05, 3.63) is 24.4 Å². The molecule has 1 aromatic heterocycles. The summed E-state index contributed by atoms with van der Waals surface area (Å²) in [6, 6.07) is 4.82. The molecule has 128 valence electrons. The molecular weight excluding hydrogens is 336 g/mol. The molecule has 1 heterocycles. The lowest BCUT2D eigenvalue weighted by atomic mass is 10.2. The van der Waals surface area contributed by atoms with Gasteiger partial charge in [0.1, 0.15) is 16.7 Å². The number of rotatable bonds is 7. The zero-order chi connectivity index (χ0) is 17.3. The molecule has 0 aromatic carbocycles. The molecular formula is C15H22N2O4S2. The Balaban J connectivity index is 2.55. The molecule has 0 radical (unpaired) electrons. The molecule has 0 fully saturated rings. The number of esters is 1. The summed E-state index contributed by atoms with van der Waals surface area (Å²) in [5.74, 6) is -0.133. The van der Waals surface area contributed by atoms with E-state index < -0.39 is 23.7 Å². The highest BCUT2D eigenvalue weighted by atomic mass is 33.1. The Bertz CT molecular complexity index is 506. The summed E-state index contributed by atoms with van der Waals surface area (Å²) in [6.45, 7) is 7.26. The molecule has 6 nitrogen and oxygen atoms in total. The Hall–Kier alpha value is -1.41. The molecule has 1 amide bonds. The predicted molar refractivity (Wildman–Crippen MR) is 92.3 cm³/mol. The second kappa shape index (κ2) is 9.67. The standard InChI is InChI=1S/C15H22N2O4S2/c1-5-20-13(18)11(17-14(19)21-15(2,3)4)10-22-23-12-8-6-7-9-16-12/h6-9,11H,5,10H2,1-4H3,(H,17,19)/t11-/m0/s1. The molecule has 0 saturated heterocycles. The van der Waals surface area contributed by atoms with Crippen LogP contribution in [-0.4, -0.2) is 41.0 Å². The third-order valence-corrected chi connectivity index (χ3v) is 4.55. The van der Waals surface area contributed by atoms with Crippen LogP contribution in [0.1, 0.15) is 27.7 Å². The molecule has 1 aromatic rings. The van der Waals surface area contributed by atoms with Gasteiger partial charge in [0.25, 0.3) is 0 Å². The van der Waals surface area contributed by atoms with Crippen molar-refractivity contribution in [1.29, 1.82) is 0 Å². The minimum absolute atomic E-state index is 0.253. The number of alkyl carbamates (subject to hydrolysis) is 1. The Morgan fingerprint density at radius 3 is 2.65 bits per heavy atom. The van der Waals surface area contributed by atoms with Gasteiger partial charge in [0.2, 0.25) is 0 Å². The number of hydrogen-bond donors (Lipinski definition) is 1. The van der Waals surface area contributed by atoms with Gasteiger partial charge in [0.05, 0.1) is 6.61 Å². The maximum absolute atomic E-state index is 12.0. The number of pyridine rings is 1. The smallest absolute Gasteiger partial charge is 0.408 e. The van der Waals surface area contributed by atoms with Crippen molar-refractivity contribution >= 4 is 33.7 Å². The summed E-state index contributed by atoms with van der Waals surface area (Å²) in [5.41, 5.74) is -0.626. The van der Waals surface area contributed by atoms with Crippen LogP contribution in [-0.2, 0) is 14.3 Å². The molecule has 0 unspecified atom stereocenters. The summed E-state index contributed by atoms with van der Waals surface area (Å²) < 4.78 is 10.2. The van der Waals surface area contributed by atoms with Crippen LogP contribution in [0, 0.1) is 0 Å². The van der Waals surface area contributed by atoms with Crippen LogP contribution in [0.25, 0.3) is 0 Å². The van der Waals surface area contributed by atoms with E-state index >= 15 is 0 Å². The zero-order valence-corrected chi connectivity index (χ0v) is 15.3. The Kier molecular flexibility index (Phi) is 8.25. The lowest BCUT2D eigenvalue weighted by molar-refractivity contribution is -0.144. The Labute approximate surface area is 144 Å². The highest BCUT2D eigenvalue weighted by Crippen LogP contribution is 2.29. The molecule has 0 saturated carbocycles. The monoisotopic (exact) mass is 358 g/mol. The summed E-state index contributed by atoms with van der Waals surface area (Å²) in [4.78, 5) is 28.0. The van der Waals surface area contributed by atoms with Gasteiger partial charge in [-0.05, 0) is 50.6 Å². The first kappa shape index (κ1) is 19.6. The molecule has 0 aliphatic rings. The van der Waals surface area contributed by atoms with Crippen LogP contribution in [0.3, 0.4) is 0 Å². The van der Waals surface area contributed by atoms with Gasteiger partial charge < -0.3 is 14.8 Å². The lowest BCUT2D eigenvalue weighted by Crippen LogP contribution is -2.45. The van der Waals surface area contributed by atoms with E-state index in [2.05, 4.69) is 10.3 Å². The van der Waals surface area contributed by atoms with Gasteiger partial charge in [-0.15, -0.1) is 0 Å². The number of amides is 1. The van der Waals surface area contributed by atoms with Gasteiger partial charge in [-0.1, -0.05) is 16.9 Å². The SMILES string of the molecule is CCOC(=O)[C@H](CSSc1ccccn1)NC(=O)OC(C)(C)C. The van der Waals surface area contributed by atoms with Crippen molar-refractivity contribution in [2.24, 2.45) is 0 Å². The fraction of sp³-hybridized carbons (Fsp3) is 0.533. The molecule has 1 atom stereocenters. The minimum atomic E-state index is -0.772. The van der Waals surface area contributed by atoms with Gasteiger partial charge >= 0.3 is 12.1 Å². The summed E-state index contributed by atoms with van der Waals surface area (Å²) in [5, 5.41) is 3.39. The molecule has 1 N–H and O–H groups in total. The molecule has 23 heavy (non-hydrogen) atoms. The average molecular weight is 358 g/mol. The van der Waals surface area contributed by atoms with Crippen LogP contribution < -0.4 is 5.32 Å². The number of carbonyl (C=O) groups excluding carboxylic acids is 2. The molecule has 0 aliphatic heterocycles. The van der Waals surface area contributed by atoms with Crippen LogP contribution >= 0.6 is 21.6 Å². The maximum atomic E-state index is 12.0. The molecule has 0 spiro atoms. The number of hydrogen-bond acceptors (Lipinski definition) is 7. The third kappa shape index (κ3) is 8.71. The number of nitrogens with one attached hydrogen (secondary N) is 1. The van der Waals surface area contributed by atoms with Crippen molar-refractivity contribution in [1.82, 2.24) is 10.3 Å². The van der Waals surface area contributed by atoms with Crippen molar-refractivity contribution in [2.75, 3.05) is 12.4 Å². The highest BCUT2D eigenvalue weighted by molar-refractivity contribution is 8.76. The van der Waals surface area contributed by atoms with Crippen molar-refractivity contribution in [3.8, 4) is 0 Å². The van der Waals surface area contributed by atoms with Crippen molar-refractivity contribution < 1.29 is 19.1 Å². The predicted octanol–water partition coefficient (Wildman–Crippen LogP) is 3.28. The molecule has 8 heteroatoms. The van der Waals surface area contributed by atoms with E-state index in [1.165, 1.54) is 21.6 Å². The van der Waals surface area contributed by atoms with Crippen LogP contribution in [0.5, 0.6) is 0 Å². The second-order valence-electron chi connectivity index (χ2n) is 5.49. The van der Waals surface area contributed by atoms with Gasteiger partial charge in [-0.2, -0.15) is 0 Å². The topological polar surface area (TPSA) is 77.5 Å². The normalized spacial score (nSPS) is 12.3. The lowest BCUT2D eigenvalue weighted by Gasteiger charge is -2.22. The second-order valence-corrected chi connectivity index (χ2v) is 7.85. The minimum Gasteiger partial charge on any atom is -0.464 e. The van der Waals surface area contributed by atoms with E-state index in [0.717, 1.165) is 5.03 Å². The largest absolute Gasteiger partial charge is 0.464 e. The van der Waals surface area contributed by atoms with Gasteiger partial charge in [0.15, 0.2) is 0 Å². The third-order valence-electron chi connectivity index (χ3n) is 2.28. The zero-order valence-electron chi connectivity index (χ0n) is 13.7. The highest BCUT2D eigenvalue weighted by Gasteiger charge is 2.25. The van der Waals surface area contributed by atoms with E-state index in [0.29, 0.717) is 5.75 Å². The first-order valence-corrected chi connectivity index (χ1v) is 9.50. The van der Waals surface area contributed by atoms with Crippen LogP contribution in [0.4, 0.5) is 4.79 Å². The quantitative estimate of drug-likeness (QED) is 0.592. The fourth-order valence-corrected chi connectivity index (χ4v) is 3.47. The van der Waals surface area contributed by atoms with Crippen LogP contribution in [0.2, 0.25) is 0 Å². The van der Waals surface area contributed by atoms with Crippen molar-refractivity contribution in [3.63, 3.8) is 0 Å². The summed E-state index contributed by atoms with van der Waals surface area (Å²) in [6.07, 6.45) is 1.06. The average Bonchev–Trinajstić information content (AvgIpc) is 2.45. The van der Waals surface area contributed by atoms with Gasteiger partial charge in [-0.3, -0.25) is 0 Å². The maximum Gasteiger partial charge on any atom is 0.408 e. The van der Waals surface area contributed by atoms with E-state index in [9.17, 15) is 9.59 Å². The van der Waals surface area contributed by atoms with E-state index in [-0.39, 0.29) is 6.61 Å². The molecule has 0 bridgehead atoms. The molecule has 1 rings (SSSR count). The summed E-state index contributed by atoms with van der Waals surface area (Å²) in [7, 11) is 2.84. The summed E-state index contributed by atoms with van der Waals surface area (Å²) >= 11 is 0. The van der Waals surface area contributed by atoms with Crippen molar-refractivity contribution in [2.45, 2.75) is 44.4 Å². The van der Waals surface area contributed by atoms with Gasteiger partial charge in [-0.25, -0.2) is 14.6 Å². The molecule has 0 aliphatic carbocycles. The Morgan fingerprint density at radius 1 is 1.35 bits per heavy atom. The van der Waals surface area contributed by atoms with E-state index in [4.69, 9.17) is 9.47 Å². The van der Waals surface area contributed by atoms with E-state index in [1.807, 2.05) is 18.2 Å². The first-order chi connectivity index (χ1) is 10.8. The number of ether oxygens (including phenoxy) is 2. The Morgan fingerprint density at radius 2 is 2.09 bits per heavy atom. The fourth-order valence-electron chi connectivity index (χ4n) is 1.42. The van der Waals surface area contributed by atoms with Gasteiger partial charge in [0, 0.05) is 11.9 Å².